The van der Waals surface area contributed by atoms with Gasteiger partial charge in [-0.1, -0.05) is 48.5 Å². The summed E-state index contributed by atoms with van der Waals surface area (Å²) in [7, 11) is -4.05. The summed E-state index contributed by atoms with van der Waals surface area (Å²) < 4.78 is 26.5. The lowest BCUT2D eigenvalue weighted by atomic mass is 10.0. The van der Waals surface area contributed by atoms with E-state index in [0.29, 0.717) is 35.0 Å². The van der Waals surface area contributed by atoms with Gasteiger partial charge >= 0.3 is 0 Å². The standard InChI is InChI=1S/C28H23N7O2S/c1-18-16-35-17-20(14-24(28(35)32-18)38(29,36)37)26-33-23-12-7-11-22(19-8-3-2-4-9-19)25(23)27(34-26)31-15-21-10-5-6-13-30-21/h2-14,16-17H,15H2,1H3,(H2,29,36,37)(H,31,33,34). The highest BCUT2D eigenvalue weighted by molar-refractivity contribution is 7.89. The molecule has 0 aliphatic rings. The Morgan fingerprint density at radius 3 is 2.47 bits per heavy atom. The van der Waals surface area contributed by atoms with Crippen LogP contribution in [0.3, 0.4) is 0 Å². The molecule has 0 spiro atoms. The minimum Gasteiger partial charge on any atom is -0.364 e. The first kappa shape index (κ1) is 23.7. The van der Waals surface area contributed by atoms with E-state index in [0.717, 1.165) is 22.2 Å². The summed E-state index contributed by atoms with van der Waals surface area (Å²) in [5.41, 5.74) is 4.98. The maximum atomic E-state index is 12.4. The average Bonchev–Trinajstić information content (AvgIpc) is 3.31. The van der Waals surface area contributed by atoms with Crippen LogP contribution in [0, 0.1) is 6.92 Å². The molecule has 38 heavy (non-hydrogen) atoms. The van der Waals surface area contributed by atoms with Gasteiger partial charge in [0.25, 0.3) is 0 Å². The number of primary sulfonamides is 1. The van der Waals surface area contributed by atoms with Crippen molar-refractivity contribution < 1.29 is 8.42 Å². The first-order valence-electron chi connectivity index (χ1n) is 11.9. The molecule has 0 aliphatic carbocycles. The largest absolute Gasteiger partial charge is 0.364 e. The summed E-state index contributed by atoms with van der Waals surface area (Å²) in [6.45, 7) is 2.23. The molecule has 0 radical (unpaired) electrons. The predicted molar refractivity (Wildman–Crippen MR) is 147 cm³/mol. The van der Waals surface area contributed by atoms with Crippen molar-refractivity contribution in [3.63, 3.8) is 0 Å². The number of anilines is 1. The number of nitrogens with zero attached hydrogens (tertiary/aromatic N) is 5. The van der Waals surface area contributed by atoms with Gasteiger partial charge < -0.3 is 9.72 Å². The van der Waals surface area contributed by atoms with Crippen molar-refractivity contribution in [2.24, 2.45) is 5.14 Å². The number of sulfonamides is 1. The normalized spacial score (nSPS) is 11.7. The van der Waals surface area contributed by atoms with E-state index in [9.17, 15) is 8.42 Å². The maximum absolute atomic E-state index is 12.4. The van der Waals surface area contributed by atoms with Crippen LogP contribution in [0.15, 0.2) is 96.3 Å². The predicted octanol–water partition coefficient (Wildman–Crippen LogP) is 4.57. The van der Waals surface area contributed by atoms with E-state index in [1.54, 1.807) is 29.9 Å². The monoisotopic (exact) mass is 521 g/mol. The molecule has 0 bridgehead atoms. The van der Waals surface area contributed by atoms with Gasteiger partial charge in [0.15, 0.2) is 11.5 Å². The maximum Gasteiger partial charge on any atom is 0.241 e. The molecule has 0 atom stereocenters. The van der Waals surface area contributed by atoms with Crippen molar-refractivity contribution in [2.45, 2.75) is 18.4 Å². The highest BCUT2D eigenvalue weighted by Crippen LogP contribution is 2.34. The van der Waals surface area contributed by atoms with Crippen LogP contribution in [0.5, 0.6) is 0 Å². The Kier molecular flexibility index (Phi) is 5.82. The second-order valence-corrected chi connectivity index (χ2v) is 10.4. The summed E-state index contributed by atoms with van der Waals surface area (Å²) in [5.74, 6) is 0.957. The third-order valence-corrected chi connectivity index (χ3v) is 7.09. The van der Waals surface area contributed by atoms with Crippen molar-refractivity contribution in [3.8, 4) is 22.5 Å². The Morgan fingerprint density at radius 1 is 0.895 bits per heavy atom. The highest BCUT2D eigenvalue weighted by atomic mass is 32.2. The fourth-order valence-electron chi connectivity index (χ4n) is 4.50. The molecule has 0 saturated carbocycles. The molecule has 188 valence electrons. The van der Waals surface area contributed by atoms with Crippen molar-refractivity contribution in [3.05, 3.63) is 103 Å². The number of aromatic nitrogens is 5. The average molecular weight is 522 g/mol. The van der Waals surface area contributed by atoms with Gasteiger partial charge in [-0.2, -0.15) is 0 Å². The van der Waals surface area contributed by atoms with Gasteiger partial charge in [-0.15, -0.1) is 0 Å². The zero-order valence-corrected chi connectivity index (χ0v) is 21.2. The SMILES string of the molecule is Cc1cn2cc(-c3nc(NCc4ccccn4)c4c(-c5ccccc5)cccc4n3)cc(S(N)(=O)=O)c2n1. The van der Waals surface area contributed by atoms with E-state index in [-0.39, 0.29) is 10.5 Å². The molecule has 6 rings (SSSR count). The van der Waals surface area contributed by atoms with E-state index in [4.69, 9.17) is 15.1 Å². The van der Waals surface area contributed by atoms with Gasteiger partial charge in [0.2, 0.25) is 10.0 Å². The third kappa shape index (κ3) is 4.47. The number of rotatable bonds is 6. The fraction of sp³-hybridized carbons (Fsp3) is 0.0714. The molecule has 3 N–H and O–H groups in total. The van der Waals surface area contributed by atoms with Crippen LogP contribution >= 0.6 is 0 Å². The van der Waals surface area contributed by atoms with Gasteiger partial charge in [0, 0.05) is 24.2 Å². The molecule has 4 heterocycles. The molecule has 6 aromatic rings. The van der Waals surface area contributed by atoms with E-state index in [1.165, 1.54) is 6.07 Å². The van der Waals surface area contributed by atoms with E-state index >= 15 is 0 Å². The van der Waals surface area contributed by atoms with E-state index < -0.39 is 10.0 Å². The molecule has 0 unspecified atom stereocenters. The van der Waals surface area contributed by atoms with Crippen molar-refractivity contribution in [1.82, 2.24) is 24.3 Å². The zero-order chi connectivity index (χ0) is 26.3. The topological polar surface area (TPSA) is 128 Å². The van der Waals surface area contributed by atoms with Crippen LogP contribution in [0.2, 0.25) is 0 Å². The number of imidazole rings is 1. The molecule has 0 aliphatic heterocycles. The molecule has 10 heteroatoms. The van der Waals surface area contributed by atoms with Gasteiger partial charge in [0.1, 0.15) is 10.7 Å². The summed E-state index contributed by atoms with van der Waals surface area (Å²) >= 11 is 0. The Morgan fingerprint density at radius 2 is 1.71 bits per heavy atom. The molecular formula is C28H23N7O2S. The number of aryl methyl sites for hydroxylation is 1. The van der Waals surface area contributed by atoms with Crippen LogP contribution in [-0.4, -0.2) is 32.8 Å². The van der Waals surface area contributed by atoms with Crippen molar-refractivity contribution in [1.29, 1.82) is 0 Å². The number of pyridine rings is 2. The number of fused-ring (bicyclic) bond motifs is 2. The van der Waals surface area contributed by atoms with Crippen LogP contribution in [-0.2, 0) is 16.6 Å². The number of hydrogen-bond acceptors (Lipinski definition) is 7. The van der Waals surface area contributed by atoms with Crippen molar-refractivity contribution in [2.75, 3.05) is 5.32 Å². The Bertz CT molecular complexity index is 1900. The molecule has 0 fully saturated rings. The quantitative estimate of drug-likeness (QED) is 0.328. The van der Waals surface area contributed by atoms with Gasteiger partial charge in [0.05, 0.1) is 28.8 Å². The summed E-state index contributed by atoms with van der Waals surface area (Å²) in [6.07, 6.45) is 5.24. The Balaban J connectivity index is 1.58. The summed E-state index contributed by atoms with van der Waals surface area (Å²) in [5, 5.41) is 9.84. The second kappa shape index (κ2) is 9.33. The number of hydrogen-bond donors (Lipinski definition) is 2. The van der Waals surface area contributed by atoms with Gasteiger partial charge in [-0.25, -0.2) is 28.5 Å². The summed E-state index contributed by atoms with van der Waals surface area (Å²) in [4.78, 5) is 18.4. The van der Waals surface area contributed by atoms with Crippen LogP contribution < -0.4 is 10.5 Å². The van der Waals surface area contributed by atoms with Crippen LogP contribution in [0.4, 0.5) is 5.82 Å². The molecule has 4 aromatic heterocycles. The number of nitrogens with one attached hydrogen (secondary N) is 1. The minimum absolute atomic E-state index is 0.0900. The second-order valence-electron chi connectivity index (χ2n) is 8.89. The van der Waals surface area contributed by atoms with Gasteiger partial charge in [-0.05, 0) is 42.3 Å². The van der Waals surface area contributed by atoms with Crippen LogP contribution in [0.25, 0.3) is 39.1 Å². The van der Waals surface area contributed by atoms with Gasteiger partial charge in [-0.3, -0.25) is 4.98 Å². The molecular weight excluding hydrogens is 498 g/mol. The Labute approximate surface area is 219 Å². The van der Waals surface area contributed by atoms with E-state index in [2.05, 4.69) is 15.3 Å². The lowest BCUT2D eigenvalue weighted by Crippen LogP contribution is -2.14. The number of benzene rings is 2. The Hall–Kier alpha value is -4.67. The first-order chi connectivity index (χ1) is 18.4. The first-order valence-corrected chi connectivity index (χ1v) is 13.4. The fourth-order valence-corrected chi connectivity index (χ4v) is 5.19. The lowest BCUT2D eigenvalue weighted by molar-refractivity contribution is 0.598. The smallest absolute Gasteiger partial charge is 0.241 e. The third-order valence-electron chi connectivity index (χ3n) is 6.17. The van der Waals surface area contributed by atoms with Crippen molar-refractivity contribution >= 4 is 32.4 Å². The minimum atomic E-state index is -4.05. The molecule has 0 amide bonds. The molecule has 0 saturated heterocycles. The highest BCUT2D eigenvalue weighted by Gasteiger charge is 2.20. The summed E-state index contributed by atoms with van der Waals surface area (Å²) in [6, 6.07) is 23.1. The molecule has 9 nitrogen and oxygen atoms in total. The lowest BCUT2D eigenvalue weighted by Gasteiger charge is -2.15. The number of nitrogens with two attached hydrogens (primary N) is 1. The zero-order valence-electron chi connectivity index (χ0n) is 20.4. The van der Waals surface area contributed by atoms with E-state index in [1.807, 2.05) is 66.7 Å². The molecule has 2 aromatic carbocycles. The van der Waals surface area contributed by atoms with Crippen LogP contribution in [0.1, 0.15) is 11.4 Å².